The van der Waals surface area contributed by atoms with E-state index < -0.39 is 0 Å². The maximum Gasteiger partial charge on any atom is 0.146 e. The largest absolute Gasteiger partial charge is 0.497 e. The summed E-state index contributed by atoms with van der Waals surface area (Å²) in [6.07, 6.45) is 1.42. The number of nitrogens with zero attached hydrogens (tertiary/aromatic N) is 2. The second kappa shape index (κ2) is 7.48. The molecule has 0 spiro atoms. The highest BCUT2D eigenvalue weighted by atomic mass is 19.1. The third kappa shape index (κ3) is 4.14. The van der Waals surface area contributed by atoms with Gasteiger partial charge in [-0.25, -0.2) is 14.4 Å². The lowest BCUT2D eigenvalue weighted by molar-refractivity contribution is 0.395. The van der Waals surface area contributed by atoms with E-state index in [0.717, 1.165) is 5.69 Å². The number of halogens is 1. The Kier molecular flexibility index (Phi) is 4.94. The van der Waals surface area contributed by atoms with Crippen LogP contribution in [-0.4, -0.2) is 24.2 Å². The summed E-state index contributed by atoms with van der Waals surface area (Å²) >= 11 is 0. The molecule has 0 atom stereocenters. The van der Waals surface area contributed by atoms with Crippen LogP contribution < -0.4 is 20.1 Å². The SMILES string of the molecule is COc1ccc(Nc2cc(Nc3cccc(F)c3)ncn2)c(OC)c1. The van der Waals surface area contributed by atoms with E-state index in [2.05, 4.69) is 20.6 Å². The minimum atomic E-state index is -0.319. The molecule has 0 radical (unpaired) electrons. The maximum atomic E-state index is 13.3. The van der Waals surface area contributed by atoms with Gasteiger partial charge in [-0.05, 0) is 30.3 Å². The van der Waals surface area contributed by atoms with E-state index in [0.29, 0.717) is 28.8 Å². The van der Waals surface area contributed by atoms with Crippen LogP contribution >= 0.6 is 0 Å². The van der Waals surface area contributed by atoms with Crippen molar-refractivity contribution in [3.8, 4) is 11.5 Å². The van der Waals surface area contributed by atoms with Crippen molar-refractivity contribution < 1.29 is 13.9 Å². The molecule has 0 unspecified atom stereocenters. The normalized spacial score (nSPS) is 10.2. The van der Waals surface area contributed by atoms with Crippen LogP contribution in [0.5, 0.6) is 11.5 Å². The Labute approximate surface area is 144 Å². The smallest absolute Gasteiger partial charge is 0.146 e. The van der Waals surface area contributed by atoms with E-state index in [1.165, 1.54) is 18.5 Å². The van der Waals surface area contributed by atoms with Crippen molar-refractivity contribution >= 4 is 23.0 Å². The van der Waals surface area contributed by atoms with Gasteiger partial charge in [0.15, 0.2) is 0 Å². The Hall–Kier alpha value is -3.35. The number of ether oxygens (including phenoxy) is 2. The van der Waals surface area contributed by atoms with Crippen molar-refractivity contribution in [2.45, 2.75) is 0 Å². The van der Waals surface area contributed by atoms with Gasteiger partial charge in [0.05, 0.1) is 19.9 Å². The summed E-state index contributed by atoms with van der Waals surface area (Å²) in [6.45, 7) is 0. The summed E-state index contributed by atoms with van der Waals surface area (Å²) in [5.41, 5.74) is 1.34. The lowest BCUT2D eigenvalue weighted by Gasteiger charge is -2.12. The Morgan fingerprint density at radius 3 is 2.40 bits per heavy atom. The molecule has 128 valence electrons. The Morgan fingerprint density at radius 2 is 1.68 bits per heavy atom. The minimum absolute atomic E-state index is 0.319. The zero-order valence-electron chi connectivity index (χ0n) is 13.8. The quantitative estimate of drug-likeness (QED) is 0.703. The van der Waals surface area contributed by atoms with Crippen LogP contribution in [0.1, 0.15) is 0 Å². The molecule has 0 bridgehead atoms. The fourth-order valence-corrected chi connectivity index (χ4v) is 2.25. The number of nitrogens with one attached hydrogen (secondary N) is 2. The molecule has 0 aliphatic heterocycles. The number of hydrogen-bond donors (Lipinski definition) is 2. The predicted octanol–water partition coefficient (Wildman–Crippen LogP) is 4.12. The summed E-state index contributed by atoms with van der Waals surface area (Å²) in [5.74, 6) is 2.10. The van der Waals surface area contributed by atoms with Crippen molar-refractivity contribution in [3.63, 3.8) is 0 Å². The predicted molar refractivity (Wildman–Crippen MR) is 94.5 cm³/mol. The van der Waals surface area contributed by atoms with Crippen LogP contribution in [-0.2, 0) is 0 Å². The van der Waals surface area contributed by atoms with Crippen LogP contribution in [0.25, 0.3) is 0 Å². The molecular formula is C18H17FN4O2. The molecule has 25 heavy (non-hydrogen) atoms. The van der Waals surface area contributed by atoms with Crippen molar-refractivity contribution in [1.29, 1.82) is 0 Å². The molecule has 0 saturated heterocycles. The summed E-state index contributed by atoms with van der Waals surface area (Å²) in [6, 6.07) is 13.3. The van der Waals surface area contributed by atoms with Crippen LogP contribution in [0, 0.1) is 5.82 Å². The van der Waals surface area contributed by atoms with Crippen molar-refractivity contribution in [2.24, 2.45) is 0 Å². The molecule has 0 saturated carbocycles. The third-order valence-corrected chi connectivity index (χ3v) is 3.44. The highest BCUT2D eigenvalue weighted by Crippen LogP contribution is 2.31. The van der Waals surface area contributed by atoms with Gasteiger partial charge in [0, 0.05) is 17.8 Å². The van der Waals surface area contributed by atoms with Crippen molar-refractivity contribution in [1.82, 2.24) is 9.97 Å². The zero-order valence-corrected chi connectivity index (χ0v) is 13.8. The van der Waals surface area contributed by atoms with E-state index in [1.54, 1.807) is 38.5 Å². The number of anilines is 4. The average Bonchev–Trinajstić information content (AvgIpc) is 2.62. The Bertz CT molecular complexity index is 873. The molecule has 1 aromatic heterocycles. The fourth-order valence-electron chi connectivity index (χ4n) is 2.25. The lowest BCUT2D eigenvalue weighted by Crippen LogP contribution is -2.00. The molecule has 7 heteroatoms. The van der Waals surface area contributed by atoms with E-state index in [9.17, 15) is 4.39 Å². The number of benzene rings is 2. The Morgan fingerprint density at radius 1 is 0.880 bits per heavy atom. The van der Waals surface area contributed by atoms with Crippen LogP contribution in [0.4, 0.5) is 27.4 Å². The monoisotopic (exact) mass is 340 g/mol. The van der Waals surface area contributed by atoms with Crippen LogP contribution in [0.3, 0.4) is 0 Å². The number of hydrogen-bond acceptors (Lipinski definition) is 6. The number of rotatable bonds is 6. The van der Waals surface area contributed by atoms with Gasteiger partial charge >= 0.3 is 0 Å². The van der Waals surface area contributed by atoms with Gasteiger partial charge in [0.1, 0.15) is 35.3 Å². The second-order valence-corrected chi connectivity index (χ2v) is 5.12. The van der Waals surface area contributed by atoms with E-state index >= 15 is 0 Å². The third-order valence-electron chi connectivity index (χ3n) is 3.44. The molecule has 3 rings (SSSR count). The average molecular weight is 340 g/mol. The summed E-state index contributed by atoms with van der Waals surface area (Å²) in [4.78, 5) is 8.33. The van der Waals surface area contributed by atoms with E-state index in [4.69, 9.17) is 9.47 Å². The molecule has 1 heterocycles. The maximum absolute atomic E-state index is 13.3. The first-order valence-electron chi connectivity index (χ1n) is 7.51. The molecule has 6 nitrogen and oxygen atoms in total. The molecule has 2 aromatic carbocycles. The zero-order chi connectivity index (χ0) is 17.6. The van der Waals surface area contributed by atoms with Gasteiger partial charge in [0.25, 0.3) is 0 Å². The topological polar surface area (TPSA) is 68.3 Å². The standard InChI is InChI=1S/C18H17FN4O2/c1-24-14-6-7-15(16(9-14)25-2)23-18-10-17(20-11-21-18)22-13-5-3-4-12(19)8-13/h3-11H,1-2H3,(H2,20,21,22,23). The molecule has 3 aromatic rings. The van der Waals surface area contributed by atoms with Crippen LogP contribution in [0.2, 0.25) is 0 Å². The van der Waals surface area contributed by atoms with Gasteiger partial charge in [-0.2, -0.15) is 0 Å². The minimum Gasteiger partial charge on any atom is -0.497 e. The molecule has 0 amide bonds. The van der Waals surface area contributed by atoms with E-state index in [1.807, 2.05) is 12.1 Å². The van der Waals surface area contributed by atoms with E-state index in [-0.39, 0.29) is 5.82 Å². The first-order valence-corrected chi connectivity index (χ1v) is 7.51. The van der Waals surface area contributed by atoms with Crippen molar-refractivity contribution in [3.05, 3.63) is 60.7 Å². The molecule has 2 N–H and O–H groups in total. The second-order valence-electron chi connectivity index (χ2n) is 5.12. The fraction of sp³-hybridized carbons (Fsp3) is 0.111. The Balaban J connectivity index is 1.80. The number of aromatic nitrogens is 2. The molecule has 0 aliphatic rings. The summed E-state index contributed by atoms with van der Waals surface area (Å²) in [5, 5.41) is 6.20. The molecule has 0 aliphatic carbocycles. The van der Waals surface area contributed by atoms with Gasteiger partial charge < -0.3 is 20.1 Å². The van der Waals surface area contributed by atoms with Gasteiger partial charge in [-0.3, -0.25) is 0 Å². The number of methoxy groups -OCH3 is 2. The van der Waals surface area contributed by atoms with Gasteiger partial charge in [-0.15, -0.1) is 0 Å². The van der Waals surface area contributed by atoms with Crippen LogP contribution in [0.15, 0.2) is 54.9 Å². The first kappa shape index (κ1) is 16.5. The lowest BCUT2D eigenvalue weighted by atomic mass is 10.2. The highest BCUT2D eigenvalue weighted by Gasteiger charge is 2.07. The van der Waals surface area contributed by atoms with Gasteiger partial charge in [0.2, 0.25) is 0 Å². The summed E-state index contributed by atoms with van der Waals surface area (Å²) < 4.78 is 23.8. The molecule has 0 fully saturated rings. The molecular weight excluding hydrogens is 323 g/mol. The van der Waals surface area contributed by atoms with Gasteiger partial charge in [-0.1, -0.05) is 6.07 Å². The van der Waals surface area contributed by atoms with Crippen molar-refractivity contribution in [2.75, 3.05) is 24.9 Å². The highest BCUT2D eigenvalue weighted by molar-refractivity contribution is 5.68. The summed E-state index contributed by atoms with van der Waals surface area (Å²) in [7, 11) is 3.17. The first-order chi connectivity index (χ1) is 12.2.